The molecule has 26 heavy (non-hydrogen) atoms. The first-order chi connectivity index (χ1) is 12.1. The van der Waals surface area contributed by atoms with Gasteiger partial charge in [0.1, 0.15) is 10.6 Å². The zero-order valence-corrected chi connectivity index (χ0v) is 14.4. The Morgan fingerprint density at radius 1 is 1.08 bits per heavy atom. The number of methoxy groups -OCH3 is 2. The number of esters is 1. The van der Waals surface area contributed by atoms with Crippen molar-refractivity contribution in [2.75, 3.05) is 18.9 Å². The number of nitrogens with one attached hydrogen (secondary N) is 1. The molecule has 0 heterocycles. The third-order valence-electron chi connectivity index (χ3n) is 3.35. The molecule has 0 atom stereocenters. The summed E-state index contributed by atoms with van der Waals surface area (Å²) in [5.41, 5.74) is -1.73. The van der Waals surface area contributed by atoms with E-state index in [1.807, 2.05) is 4.72 Å². The highest BCUT2D eigenvalue weighted by atomic mass is 32.2. The van der Waals surface area contributed by atoms with Crippen molar-refractivity contribution in [1.82, 2.24) is 0 Å². The molecular weight excluding hydrogens is 375 g/mol. The van der Waals surface area contributed by atoms with Gasteiger partial charge >= 0.3 is 12.1 Å². The summed E-state index contributed by atoms with van der Waals surface area (Å²) in [7, 11) is -2.13. The number of carbonyl (C=O) groups is 1. The Morgan fingerprint density at radius 2 is 1.73 bits per heavy atom. The van der Waals surface area contributed by atoms with Crippen molar-refractivity contribution in [2.24, 2.45) is 0 Å². The lowest BCUT2D eigenvalue weighted by Gasteiger charge is -2.15. The van der Waals surface area contributed by atoms with Gasteiger partial charge in [0.25, 0.3) is 10.0 Å². The molecule has 10 heteroatoms. The fraction of sp³-hybridized carbons (Fsp3) is 0.188. The zero-order valence-electron chi connectivity index (χ0n) is 13.6. The van der Waals surface area contributed by atoms with Crippen LogP contribution in [-0.2, 0) is 20.9 Å². The number of hydrogen-bond acceptors (Lipinski definition) is 5. The highest BCUT2D eigenvalue weighted by Gasteiger charge is 2.32. The molecule has 0 unspecified atom stereocenters. The Morgan fingerprint density at radius 3 is 2.31 bits per heavy atom. The number of anilines is 1. The van der Waals surface area contributed by atoms with Gasteiger partial charge in [0.15, 0.2) is 0 Å². The monoisotopic (exact) mass is 389 g/mol. The van der Waals surface area contributed by atoms with Crippen molar-refractivity contribution in [3.05, 3.63) is 53.6 Å². The molecule has 2 aromatic rings. The van der Waals surface area contributed by atoms with E-state index in [1.165, 1.54) is 25.3 Å². The molecule has 0 aromatic heterocycles. The first-order valence-electron chi connectivity index (χ1n) is 7.05. The predicted molar refractivity (Wildman–Crippen MR) is 86.6 cm³/mol. The van der Waals surface area contributed by atoms with E-state index in [-0.39, 0.29) is 11.3 Å². The minimum atomic E-state index is -4.67. The SMILES string of the molecule is COC(=O)c1ccccc1S(=O)(=O)Nc1cc(C(F)(F)F)ccc1OC. The van der Waals surface area contributed by atoms with Gasteiger partial charge in [-0.3, -0.25) is 4.72 Å². The third kappa shape index (κ3) is 4.07. The van der Waals surface area contributed by atoms with Crippen LogP contribution in [0, 0.1) is 0 Å². The van der Waals surface area contributed by atoms with E-state index in [0.717, 1.165) is 25.3 Å². The van der Waals surface area contributed by atoms with Gasteiger partial charge in [-0.1, -0.05) is 12.1 Å². The molecule has 0 fully saturated rings. The molecule has 0 amide bonds. The van der Waals surface area contributed by atoms with Crippen LogP contribution >= 0.6 is 0 Å². The molecule has 0 bridgehead atoms. The van der Waals surface area contributed by atoms with Crippen molar-refractivity contribution < 1.29 is 35.9 Å². The van der Waals surface area contributed by atoms with Crippen molar-refractivity contribution in [1.29, 1.82) is 0 Å². The highest BCUT2D eigenvalue weighted by Crippen LogP contribution is 2.36. The summed E-state index contributed by atoms with van der Waals surface area (Å²) in [6.45, 7) is 0. The Labute approximate surface area is 147 Å². The van der Waals surface area contributed by atoms with Gasteiger partial charge in [0.05, 0.1) is 31.0 Å². The van der Waals surface area contributed by atoms with E-state index < -0.39 is 38.3 Å². The van der Waals surface area contributed by atoms with Crippen LogP contribution in [-0.4, -0.2) is 28.6 Å². The van der Waals surface area contributed by atoms with E-state index in [1.54, 1.807) is 0 Å². The molecule has 6 nitrogen and oxygen atoms in total. The second-order valence-electron chi connectivity index (χ2n) is 5.01. The van der Waals surface area contributed by atoms with Crippen molar-refractivity contribution in [3.8, 4) is 5.75 Å². The maximum Gasteiger partial charge on any atom is 0.416 e. The summed E-state index contributed by atoms with van der Waals surface area (Å²) in [5, 5.41) is 0. The van der Waals surface area contributed by atoms with Crippen molar-refractivity contribution in [3.63, 3.8) is 0 Å². The molecule has 0 radical (unpaired) electrons. The van der Waals surface area contributed by atoms with Crippen LogP contribution in [0.2, 0.25) is 0 Å². The number of hydrogen-bond donors (Lipinski definition) is 1. The second kappa shape index (κ2) is 7.24. The summed E-state index contributed by atoms with van der Waals surface area (Å²) >= 11 is 0. The number of sulfonamides is 1. The van der Waals surface area contributed by atoms with E-state index in [9.17, 15) is 26.4 Å². The van der Waals surface area contributed by atoms with Gasteiger partial charge in [-0.2, -0.15) is 13.2 Å². The summed E-state index contributed by atoms with van der Waals surface area (Å²) in [6, 6.07) is 7.52. The largest absolute Gasteiger partial charge is 0.495 e. The smallest absolute Gasteiger partial charge is 0.416 e. The normalized spacial score (nSPS) is 11.7. The fourth-order valence-corrected chi connectivity index (χ4v) is 3.40. The average molecular weight is 389 g/mol. The zero-order chi connectivity index (χ0) is 19.5. The quantitative estimate of drug-likeness (QED) is 0.794. The number of benzene rings is 2. The van der Waals surface area contributed by atoms with E-state index in [0.29, 0.717) is 6.07 Å². The topological polar surface area (TPSA) is 81.7 Å². The van der Waals surface area contributed by atoms with Crippen LogP contribution in [0.5, 0.6) is 5.75 Å². The minimum absolute atomic E-state index is 0.114. The van der Waals surface area contributed by atoms with Crippen LogP contribution in [0.3, 0.4) is 0 Å². The van der Waals surface area contributed by atoms with Gasteiger partial charge in [-0.25, -0.2) is 13.2 Å². The molecule has 0 aliphatic carbocycles. The number of ether oxygens (including phenoxy) is 2. The Balaban J connectivity index is 2.53. The first kappa shape index (κ1) is 19.6. The molecule has 1 N–H and O–H groups in total. The predicted octanol–water partition coefficient (Wildman–Crippen LogP) is 3.30. The molecule has 0 saturated heterocycles. The van der Waals surface area contributed by atoms with E-state index in [2.05, 4.69) is 4.74 Å². The number of carbonyl (C=O) groups excluding carboxylic acids is 1. The lowest BCUT2D eigenvalue weighted by atomic mass is 10.2. The molecule has 2 rings (SSSR count). The number of rotatable bonds is 5. The van der Waals surface area contributed by atoms with Gasteiger partial charge < -0.3 is 9.47 Å². The summed E-state index contributed by atoms with van der Waals surface area (Å²) in [5.74, 6) is -1.01. The van der Waals surface area contributed by atoms with Gasteiger partial charge in [0, 0.05) is 0 Å². The molecule has 0 aliphatic heterocycles. The van der Waals surface area contributed by atoms with Crippen molar-refractivity contribution >= 4 is 21.7 Å². The van der Waals surface area contributed by atoms with E-state index >= 15 is 0 Å². The first-order valence-corrected chi connectivity index (χ1v) is 8.54. The molecule has 0 saturated carbocycles. The third-order valence-corrected chi connectivity index (χ3v) is 4.78. The van der Waals surface area contributed by atoms with Crippen LogP contribution < -0.4 is 9.46 Å². The molecule has 0 aliphatic rings. The summed E-state index contributed by atoms with van der Waals surface area (Å²) in [4.78, 5) is 11.3. The molecule has 0 spiro atoms. The minimum Gasteiger partial charge on any atom is -0.495 e. The van der Waals surface area contributed by atoms with Gasteiger partial charge in [-0.05, 0) is 30.3 Å². The van der Waals surface area contributed by atoms with Gasteiger partial charge in [0.2, 0.25) is 0 Å². The van der Waals surface area contributed by atoms with Crippen LogP contribution in [0.4, 0.5) is 18.9 Å². The van der Waals surface area contributed by atoms with Crippen molar-refractivity contribution in [2.45, 2.75) is 11.1 Å². The summed E-state index contributed by atoms with van der Waals surface area (Å²) < 4.78 is 75.4. The highest BCUT2D eigenvalue weighted by molar-refractivity contribution is 7.92. The molecule has 2 aromatic carbocycles. The Bertz CT molecular complexity index is 926. The Hall–Kier alpha value is -2.75. The standard InChI is InChI=1S/C16H14F3NO5S/c1-24-13-8-7-10(16(17,18)19)9-12(13)20-26(22,23)14-6-4-3-5-11(14)15(21)25-2/h3-9,20H,1-2H3. The summed E-state index contributed by atoms with van der Waals surface area (Å²) in [6.07, 6.45) is -4.67. The lowest BCUT2D eigenvalue weighted by molar-refractivity contribution is -0.137. The molecular formula is C16H14F3NO5S. The van der Waals surface area contributed by atoms with Crippen LogP contribution in [0.1, 0.15) is 15.9 Å². The number of alkyl halides is 3. The number of halogens is 3. The lowest BCUT2D eigenvalue weighted by Crippen LogP contribution is -2.18. The molecule has 140 valence electrons. The van der Waals surface area contributed by atoms with Crippen LogP contribution in [0.25, 0.3) is 0 Å². The van der Waals surface area contributed by atoms with Crippen LogP contribution in [0.15, 0.2) is 47.4 Å². The maximum atomic E-state index is 12.9. The second-order valence-corrected chi connectivity index (χ2v) is 6.66. The van der Waals surface area contributed by atoms with Gasteiger partial charge in [-0.15, -0.1) is 0 Å². The average Bonchev–Trinajstić information content (AvgIpc) is 2.60. The Kier molecular flexibility index (Phi) is 5.45. The fourth-order valence-electron chi connectivity index (χ4n) is 2.14. The maximum absolute atomic E-state index is 12.9. The van der Waals surface area contributed by atoms with E-state index in [4.69, 9.17) is 4.74 Å².